The van der Waals surface area contributed by atoms with Gasteiger partial charge in [0.2, 0.25) is 17.7 Å². The summed E-state index contributed by atoms with van der Waals surface area (Å²) < 4.78 is 0. The van der Waals surface area contributed by atoms with Crippen molar-refractivity contribution in [2.75, 3.05) is 31.8 Å². The average Bonchev–Trinajstić information content (AvgIpc) is 2.75. The number of carbonyl (C=O) groups is 4. The van der Waals surface area contributed by atoms with Crippen LogP contribution in [0.5, 0.6) is 0 Å². The van der Waals surface area contributed by atoms with Crippen LogP contribution < -0.4 is 33.2 Å². The van der Waals surface area contributed by atoms with Gasteiger partial charge in [-0.2, -0.15) is 11.8 Å². The van der Waals surface area contributed by atoms with Crippen LogP contribution in [0.4, 0.5) is 0 Å². The summed E-state index contributed by atoms with van der Waals surface area (Å²) in [6.07, 6.45) is 2.30. The van der Waals surface area contributed by atoms with Crippen molar-refractivity contribution in [1.82, 2.24) is 16.0 Å². The number of carboxylic acids is 1. The van der Waals surface area contributed by atoms with Gasteiger partial charge in [0.25, 0.3) is 0 Å². The van der Waals surface area contributed by atoms with Crippen molar-refractivity contribution < 1.29 is 34.5 Å². The molecule has 0 fully saturated rings. The van der Waals surface area contributed by atoms with E-state index in [2.05, 4.69) is 20.9 Å². The highest BCUT2D eigenvalue weighted by atomic mass is 32.2. The van der Waals surface area contributed by atoms with Crippen molar-refractivity contribution in [3.63, 3.8) is 0 Å². The Bertz CT molecular complexity index is 661. The Morgan fingerprint density at radius 2 is 1.47 bits per heavy atom. The average molecular weight is 480 g/mol. The Labute approximate surface area is 189 Å². The lowest BCUT2D eigenvalue weighted by molar-refractivity contribution is -0.142. The van der Waals surface area contributed by atoms with Crippen LogP contribution in [0, 0.1) is 0 Å². The van der Waals surface area contributed by atoms with Crippen molar-refractivity contribution in [2.24, 2.45) is 22.2 Å². The first kappa shape index (κ1) is 29.4. The molecule has 3 amide bonds. The van der Waals surface area contributed by atoms with Crippen molar-refractivity contribution in [3.05, 3.63) is 0 Å². The number of aliphatic hydroxyl groups is 2. The normalized spacial score (nSPS) is 14.4. The molecule has 0 aromatic heterocycles. The predicted molar refractivity (Wildman–Crippen MR) is 118 cm³/mol. The van der Waals surface area contributed by atoms with E-state index in [-0.39, 0.29) is 25.3 Å². The second kappa shape index (κ2) is 16.1. The summed E-state index contributed by atoms with van der Waals surface area (Å²) in [4.78, 5) is 52.1. The van der Waals surface area contributed by atoms with Gasteiger partial charge in [-0.1, -0.05) is 0 Å². The molecule has 4 atom stereocenters. The van der Waals surface area contributed by atoms with Crippen LogP contribution in [0.25, 0.3) is 0 Å². The van der Waals surface area contributed by atoms with E-state index in [9.17, 15) is 29.4 Å². The Kier molecular flexibility index (Phi) is 14.8. The summed E-state index contributed by atoms with van der Waals surface area (Å²) >= 11 is 1.40. The molecule has 0 heterocycles. The summed E-state index contributed by atoms with van der Waals surface area (Å²) in [5, 5.41) is 34.6. The van der Waals surface area contributed by atoms with Crippen LogP contribution in [0.15, 0.2) is 4.99 Å². The highest BCUT2D eigenvalue weighted by Gasteiger charge is 2.29. The van der Waals surface area contributed by atoms with E-state index in [4.69, 9.17) is 22.3 Å². The molecule has 4 unspecified atom stereocenters. The lowest BCUT2D eigenvalue weighted by Gasteiger charge is -2.24. The van der Waals surface area contributed by atoms with Crippen molar-refractivity contribution in [3.8, 4) is 0 Å². The topological polar surface area (TPSA) is 255 Å². The number of carbonyl (C=O) groups excluding carboxylic acids is 3. The molecule has 0 aromatic rings. The maximum absolute atomic E-state index is 12.7. The molecule has 0 radical (unpaired) electrons. The van der Waals surface area contributed by atoms with Crippen LogP contribution >= 0.6 is 11.8 Å². The first-order valence-corrected chi connectivity index (χ1v) is 11.1. The van der Waals surface area contributed by atoms with E-state index in [0.717, 1.165) is 0 Å². The molecule has 184 valence electrons. The fraction of sp³-hybridized carbons (Fsp3) is 0.706. The molecular weight excluding hydrogens is 446 g/mol. The summed E-state index contributed by atoms with van der Waals surface area (Å²) in [7, 11) is 0. The number of amides is 3. The fourth-order valence-corrected chi connectivity index (χ4v) is 2.84. The minimum Gasteiger partial charge on any atom is -0.480 e. The molecule has 14 nitrogen and oxygen atoms in total. The third-order valence-corrected chi connectivity index (χ3v) is 4.80. The zero-order chi connectivity index (χ0) is 24.7. The minimum atomic E-state index is -1.42. The van der Waals surface area contributed by atoms with Crippen LogP contribution in [-0.4, -0.2) is 101 Å². The molecule has 0 rings (SSSR count). The highest BCUT2D eigenvalue weighted by molar-refractivity contribution is 7.98. The van der Waals surface area contributed by atoms with Crippen molar-refractivity contribution in [2.45, 2.75) is 43.4 Å². The number of aliphatic imine (C=N–C) groups is 1. The molecule has 0 aromatic carbocycles. The maximum atomic E-state index is 12.7. The van der Waals surface area contributed by atoms with E-state index < -0.39 is 61.1 Å². The van der Waals surface area contributed by atoms with Crippen LogP contribution in [0.2, 0.25) is 0 Å². The van der Waals surface area contributed by atoms with Gasteiger partial charge >= 0.3 is 5.97 Å². The van der Waals surface area contributed by atoms with E-state index >= 15 is 0 Å². The molecule has 15 heteroatoms. The Morgan fingerprint density at radius 1 is 0.906 bits per heavy atom. The van der Waals surface area contributed by atoms with Crippen molar-refractivity contribution in [1.29, 1.82) is 0 Å². The molecule has 0 saturated carbocycles. The number of nitrogens with one attached hydrogen (secondary N) is 3. The maximum Gasteiger partial charge on any atom is 0.326 e. The lowest BCUT2D eigenvalue weighted by Crippen LogP contribution is -2.58. The number of nitrogens with zero attached hydrogens (tertiary/aromatic N) is 1. The van der Waals surface area contributed by atoms with Crippen LogP contribution in [0.1, 0.15) is 19.3 Å². The molecular formula is C17H33N7O7S. The number of hydrogen-bond acceptors (Lipinski definition) is 9. The SMILES string of the molecule is CSCCC(NC(=O)C(CO)NC(=O)C(N)CO)C(=O)NC(CCCN=C(N)N)C(=O)O. The summed E-state index contributed by atoms with van der Waals surface area (Å²) in [6.45, 7) is -1.26. The molecule has 32 heavy (non-hydrogen) atoms. The lowest BCUT2D eigenvalue weighted by atomic mass is 10.1. The van der Waals surface area contributed by atoms with Gasteiger partial charge in [-0.15, -0.1) is 0 Å². The molecule has 12 N–H and O–H groups in total. The number of aliphatic carboxylic acids is 1. The monoisotopic (exact) mass is 479 g/mol. The van der Waals surface area contributed by atoms with E-state index in [0.29, 0.717) is 12.2 Å². The number of guanidine groups is 1. The van der Waals surface area contributed by atoms with E-state index in [1.807, 2.05) is 0 Å². The van der Waals surface area contributed by atoms with Gasteiger partial charge in [0.1, 0.15) is 24.2 Å². The molecule has 0 aliphatic heterocycles. The number of thioether (sulfide) groups is 1. The first-order chi connectivity index (χ1) is 15.1. The van der Waals surface area contributed by atoms with Gasteiger partial charge < -0.3 is 48.5 Å². The van der Waals surface area contributed by atoms with Crippen LogP contribution in [0.3, 0.4) is 0 Å². The Hall–Kier alpha value is -2.62. The Morgan fingerprint density at radius 3 is 1.97 bits per heavy atom. The second-order valence-corrected chi connectivity index (χ2v) is 7.71. The van der Waals surface area contributed by atoms with Gasteiger partial charge in [-0.25, -0.2) is 4.79 Å². The first-order valence-electron chi connectivity index (χ1n) is 9.72. The van der Waals surface area contributed by atoms with Gasteiger partial charge in [0.15, 0.2) is 5.96 Å². The zero-order valence-electron chi connectivity index (χ0n) is 17.8. The van der Waals surface area contributed by atoms with E-state index in [1.54, 1.807) is 6.26 Å². The van der Waals surface area contributed by atoms with Gasteiger partial charge in [-0.05, 0) is 31.3 Å². The summed E-state index contributed by atoms with van der Waals surface area (Å²) in [5.74, 6) is -3.41. The largest absolute Gasteiger partial charge is 0.480 e. The van der Waals surface area contributed by atoms with Gasteiger partial charge in [0, 0.05) is 6.54 Å². The fourth-order valence-electron chi connectivity index (χ4n) is 2.37. The number of hydrogen-bond donors (Lipinski definition) is 9. The molecule has 0 spiro atoms. The third kappa shape index (κ3) is 11.7. The number of aliphatic hydroxyl groups excluding tert-OH is 2. The number of nitrogens with two attached hydrogens (primary N) is 3. The zero-order valence-corrected chi connectivity index (χ0v) is 18.6. The van der Waals surface area contributed by atoms with E-state index in [1.165, 1.54) is 11.8 Å². The Balaban J connectivity index is 5.16. The predicted octanol–water partition coefficient (Wildman–Crippen LogP) is -4.36. The minimum absolute atomic E-state index is 0.0510. The summed E-state index contributed by atoms with van der Waals surface area (Å²) in [5.41, 5.74) is 15.8. The molecule has 0 saturated heterocycles. The van der Waals surface area contributed by atoms with Crippen LogP contribution in [-0.2, 0) is 19.2 Å². The third-order valence-electron chi connectivity index (χ3n) is 4.15. The molecule has 0 aliphatic carbocycles. The van der Waals surface area contributed by atoms with Gasteiger partial charge in [-0.3, -0.25) is 19.4 Å². The quantitative estimate of drug-likeness (QED) is 0.0580. The number of carboxylic acid groups (broad SMARTS) is 1. The standard InChI is InChI=1S/C17H33N7O7S/c1-32-6-4-10(22-15(29)12(8-26)24-13(27)9(18)7-25)14(28)23-11(16(30)31)3-2-5-21-17(19)20/h9-12,25-26H,2-8,18H2,1H3,(H,22,29)(H,23,28)(H,24,27)(H,30,31)(H4,19,20,21). The van der Waals surface area contributed by atoms with Crippen molar-refractivity contribution >= 4 is 41.4 Å². The highest BCUT2D eigenvalue weighted by Crippen LogP contribution is 2.05. The smallest absolute Gasteiger partial charge is 0.326 e. The molecule has 0 aliphatic rings. The number of rotatable bonds is 16. The second-order valence-electron chi connectivity index (χ2n) is 6.72. The van der Waals surface area contributed by atoms with Gasteiger partial charge in [0.05, 0.1) is 13.2 Å². The summed E-state index contributed by atoms with van der Waals surface area (Å²) in [6, 6.07) is -5.06. The molecule has 0 bridgehead atoms.